The van der Waals surface area contributed by atoms with Crippen molar-refractivity contribution in [3.05, 3.63) is 41.5 Å². The molecule has 0 aliphatic rings. The van der Waals surface area contributed by atoms with E-state index in [0.29, 0.717) is 5.56 Å². The highest BCUT2D eigenvalue weighted by atomic mass is 19.1. The predicted octanol–water partition coefficient (Wildman–Crippen LogP) is 2.28. The topological polar surface area (TPSA) is 46.2 Å². The molecule has 0 amide bonds. The minimum Gasteiger partial charge on any atom is -0.507 e. The molecular weight excluding hydrogens is 200 g/mol. The molecule has 0 bridgehead atoms. The average molecular weight is 209 g/mol. The van der Waals surface area contributed by atoms with Gasteiger partial charge in [0.2, 0.25) is 0 Å². The Kier molecular flexibility index (Phi) is 2.28. The number of rotatable bonds is 1. The van der Waals surface area contributed by atoms with Crippen LogP contribution in [0.3, 0.4) is 0 Å². The third-order valence-electron chi connectivity index (χ3n) is 2.26. The maximum Gasteiger partial charge on any atom is 0.134 e. The van der Waals surface area contributed by atoms with Crippen molar-refractivity contribution in [3.63, 3.8) is 0 Å². The number of phenols is 1. The Bertz CT molecular complexity index is 525. The quantitative estimate of drug-likeness (QED) is 0.756. The van der Waals surface area contributed by atoms with Crippen molar-refractivity contribution in [2.75, 3.05) is 0 Å². The first-order chi connectivity index (χ1) is 7.11. The highest BCUT2D eigenvalue weighted by Gasteiger charge is 2.08. The molecule has 15 heavy (non-hydrogen) atoms. The molecule has 0 saturated heterocycles. The minimum atomic E-state index is -0.712. The molecule has 0 fully saturated rings. The smallest absolute Gasteiger partial charge is 0.134 e. The number of aromatic hydroxyl groups is 1. The molecule has 2 rings (SSSR count). The van der Waals surface area contributed by atoms with E-state index in [2.05, 4.69) is 0 Å². The fourth-order valence-electron chi connectivity index (χ4n) is 1.54. The van der Waals surface area contributed by atoms with Crippen molar-refractivity contribution in [3.8, 4) is 5.75 Å². The first kappa shape index (κ1) is 9.86. The first-order valence-electron chi connectivity index (χ1n) is 4.42. The van der Waals surface area contributed by atoms with Gasteiger partial charge in [-0.2, -0.15) is 0 Å². The monoisotopic (exact) mass is 209 g/mol. The molecule has 0 radical (unpaired) electrons. The van der Waals surface area contributed by atoms with E-state index < -0.39 is 11.6 Å². The van der Waals surface area contributed by atoms with Gasteiger partial charge in [-0.15, -0.1) is 0 Å². The van der Waals surface area contributed by atoms with E-state index >= 15 is 0 Å². The summed E-state index contributed by atoms with van der Waals surface area (Å²) in [6.45, 7) is 0.195. The summed E-state index contributed by atoms with van der Waals surface area (Å²) in [5.74, 6) is -1.57. The van der Waals surface area contributed by atoms with Gasteiger partial charge in [-0.1, -0.05) is 0 Å². The number of hydrogen-bond acceptors (Lipinski definition) is 2. The lowest BCUT2D eigenvalue weighted by Crippen LogP contribution is -1.96. The third kappa shape index (κ3) is 1.64. The standard InChI is InChI=1S/C11H9F2NO/c12-7-3-9-8(10(13)4-7)1-6(5-14)2-11(9)15/h1-4,15H,5,14H2. The van der Waals surface area contributed by atoms with Crippen molar-refractivity contribution in [1.82, 2.24) is 0 Å². The van der Waals surface area contributed by atoms with Crippen molar-refractivity contribution >= 4 is 10.8 Å². The molecule has 78 valence electrons. The van der Waals surface area contributed by atoms with E-state index in [0.717, 1.165) is 12.1 Å². The van der Waals surface area contributed by atoms with Crippen LogP contribution >= 0.6 is 0 Å². The molecule has 0 aliphatic heterocycles. The lowest BCUT2D eigenvalue weighted by atomic mass is 10.1. The van der Waals surface area contributed by atoms with Gasteiger partial charge in [0.05, 0.1) is 0 Å². The van der Waals surface area contributed by atoms with Crippen LogP contribution in [0.1, 0.15) is 5.56 Å². The van der Waals surface area contributed by atoms with Gasteiger partial charge in [0.1, 0.15) is 17.4 Å². The molecule has 0 heterocycles. The number of nitrogens with two attached hydrogens (primary N) is 1. The van der Waals surface area contributed by atoms with Crippen LogP contribution in [0.15, 0.2) is 24.3 Å². The third-order valence-corrected chi connectivity index (χ3v) is 2.26. The van der Waals surface area contributed by atoms with Gasteiger partial charge >= 0.3 is 0 Å². The van der Waals surface area contributed by atoms with E-state index in [9.17, 15) is 13.9 Å². The second-order valence-electron chi connectivity index (χ2n) is 3.30. The number of hydrogen-bond donors (Lipinski definition) is 2. The van der Waals surface area contributed by atoms with Gasteiger partial charge in [0, 0.05) is 23.4 Å². The predicted molar refractivity (Wildman–Crippen MR) is 53.4 cm³/mol. The van der Waals surface area contributed by atoms with E-state index in [4.69, 9.17) is 5.73 Å². The Balaban J connectivity index is 2.85. The summed E-state index contributed by atoms with van der Waals surface area (Å²) in [5, 5.41) is 9.88. The largest absolute Gasteiger partial charge is 0.507 e. The molecule has 0 aromatic heterocycles. The summed E-state index contributed by atoms with van der Waals surface area (Å²) in [4.78, 5) is 0. The Hall–Kier alpha value is -1.68. The summed E-state index contributed by atoms with van der Waals surface area (Å²) in [6, 6.07) is 4.78. The van der Waals surface area contributed by atoms with Crippen molar-refractivity contribution in [2.45, 2.75) is 6.54 Å². The van der Waals surface area contributed by atoms with Gasteiger partial charge in [-0.25, -0.2) is 8.78 Å². The van der Waals surface area contributed by atoms with Crippen molar-refractivity contribution < 1.29 is 13.9 Å². The van der Waals surface area contributed by atoms with E-state index in [1.807, 2.05) is 0 Å². The minimum absolute atomic E-state index is 0.157. The van der Waals surface area contributed by atoms with E-state index in [1.165, 1.54) is 12.1 Å². The van der Waals surface area contributed by atoms with Gasteiger partial charge < -0.3 is 10.8 Å². The van der Waals surface area contributed by atoms with Crippen LogP contribution in [0.2, 0.25) is 0 Å². The Morgan fingerprint density at radius 3 is 2.47 bits per heavy atom. The summed E-state index contributed by atoms with van der Waals surface area (Å²) < 4.78 is 26.2. The summed E-state index contributed by atoms with van der Waals surface area (Å²) in [7, 11) is 0. The zero-order valence-electron chi connectivity index (χ0n) is 7.80. The Morgan fingerprint density at radius 1 is 1.07 bits per heavy atom. The van der Waals surface area contributed by atoms with Crippen LogP contribution in [0, 0.1) is 11.6 Å². The molecule has 4 heteroatoms. The molecule has 0 aliphatic carbocycles. The highest BCUT2D eigenvalue weighted by Crippen LogP contribution is 2.29. The summed E-state index contributed by atoms with van der Waals surface area (Å²) >= 11 is 0. The van der Waals surface area contributed by atoms with Gasteiger partial charge in [0.15, 0.2) is 0 Å². The van der Waals surface area contributed by atoms with E-state index in [-0.39, 0.29) is 23.1 Å². The zero-order chi connectivity index (χ0) is 11.0. The normalized spacial score (nSPS) is 10.9. The van der Waals surface area contributed by atoms with Crippen LogP contribution < -0.4 is 5.73 Å². The van der Waals surface area contributed by atoms with E-state index in [1.54, 1.807) is 0 Å². The lowest BCUT2D eigenvalue weighted by molar-refractivity contribution is 0.480. The first-order valence-corrected chi connectivity index (χ1v) is 4.42. The van der Waals surface area contributed by atoms with Gasteiger partial charge in [-0.3, -0.25) is 0 Å². The molecule has 0 spiro atoms. The van der Waals surface area contributed by atoms with Crippen molar-refractivity contribution in [1.29, 1.82) is 0 Å². The highest BCUT2D eigenvalue weighted by molar-refractivity contribution is 5.89. The van der Waals surface area contributed by atoms with Gasteiger partial charge in [0.25, 0.3) is 0 Å². The number of fused-ring (bicyclic) bond motifs is 1. The van der Waals surface area contributed by atoms with Crippen LogP contribution in [-0.2, 0) is 6.54 Å². The van der Waals surface area contributed by atoms with Crippen molar-refractivity contribution in [2.24, 2.45) is 5.73 Å². The maximum atomic E-state index is 13.4. The molecule has 0 saturated carbocycles. The molecule has 2 aromatic rings. The Morgan fingerprint density at radius 2 is 1.80 bits per heavy atom. The summed E-state index contributed by atoms with van der Waals surface area (Å²) in [6.07, 6.45) is 0. The van der Waals surface area contributed by atoms with Crippen LogP contribution in [0.5, 0.6) is 5.75 Å². The second kappa shape index (κ2) is 3.47. The molecule has 2 nitrogen and oxygen atoms in total. The van der Waals surface area contributed by atoms with Crippen LogP contribution in [0.4, 0.5) is 8.78 Å². The fraction of sp³-hybridized carbons (Fsp3) is 0.0909. The van der Waals surface area contributed by atoms with Crippen LogP contribution in [0.25, 0.3) is 10.8 Å². The molecule has 0 atom stereocenters. The molecule has 0 unspecified atom stereocenters. The summed E-state index contributed by atoms with van der Waals surface area (Å²) in [5.41, 5.74) is 5.98. The molecular formula is C11H9F2NO. The fourth-order valence-corrected chi connectivity index (χ4v) is 1.54. The zero-order valence-corrected chi connectivity index (χ0v) is 7.80. The lowest BCUT2D eigenvalue weighted by Gasteiger charge is -2.05. The van der Waals surface area contributed by atoms with Gasteiger partial charge in [-0.05, 0) is 23.8 Å². The molecule has 3 N–H and O–H groups in total. The number of phenolic OH excluding ortho intramolecular Hbond substituents is 1. The average Bonchev–Trinajstić information content (AvgIpc) is 2.19. The van der Waals surface area contributed by atoms with Crippen LogP contribution in [-0.4, -0.2) is 5.11 Å². The number of halogens is 2. The molecule has 2 aromatic carbocycles. The number of benzene rings is 2. The second-order valence-corrected chi connectivity index (χ2v) is 3.30. The Labute approximate surface area is 84.9 Å². The SMILES string of the molecule is NCc1cc(O)c2cc(F)cc(F)c2c1. The maximum absolute atomic E-state index is 13.4.